The van der Waals surface area contributed by atoms with Gasteiger partial charge in [0, 0.05) is 32.7 Å². The molecule has 6 heteroatoms. The molecule has 0 aliphatic carbocycles. The summed E-state index contributed by atoms with van der Waals surface area (Å²) in [5, 5.41) is 8.88. The van der Waals surface area contributed by atoms with E-state index in [1.165, 1.54) is 0 Å². The van der Waals surface area contributed by atoms with Crippen molar-refractivity contribution < 1.29 is 14.6 Å². The average molecular weight is 343 g/mol. The number of hydrogen-bond donors (Lipinski definition) is 1. The van der Waals surface area contributed by atoms with Gasteiger partial charge in [0.25, 0.3) is 5.91 Å². The number of β-amino-alcohol motifs (C(OH)–C–C–N with tert-alkyl or cyclic N) is 1. The Labute approximate surface area is 127 Å². The second-order valence-corrected chi connectivity index (χ2v) is 5.52. The standard InChI is InChI=1S/C14H19BrN2O3/c15-12-3-1-2-4-13(12)20-11-14(19)17-7-5-16(6-8-17)9-10-18/h1-4,18H,5-11H2. The summed E-state index contributed by atoms with van der Waals surface area (Å²) in [6.07, 6.45) is 0. The SMILES string of the molecule is O=C(COc1ccccc1Br)N1CCN(CCO)CC1. The predicted molar refractivity (Wildman–Crippen MR) is 79.7 cm³/mol. The molecule has 0 aromatic heterocycles. The molecule has 1 saturated heterocycles. The van der Waals surface area contributed by atoms with Crippen LogP contribution in [0.5, 0.6) is 5.75 Å². The molecule has 20 heavy (non-hydrogen) atoms. The molecular weight excluding hydrogens is 324 g/mol. The molecule has 1 fully saturated rings. The Bertz CT molecular complexity index is 448. The first-order valence-corrected chi connectivity index (χ1v) is 7.48. The van der Waals surface area contributed by atoms with E-state index in [0.717, 1.165) is 17.6 Å². The number of aliphatic hydroxyl groups is 1. The van der Waals surface area contributed by atoms with Gasteiger partial charge in [-0.3, -0.25) is 9.69 Å². The van der Waals surface area contributed by atoms with Gasteiger partial charge in [-0.1, -0.05) is 12.1 Å². The number of aliphatic hydroxyl groups excluding tert-OH is 1. The molecule has 2 rings (SSSR count). The number of para-hydroxylation sites is 1. The summed E-state index contributed by atoms with van der Waals surface area (Å²) in [6.45, 7) is 3.90. The third-order valence-electron chi connectivity index (χ3n) is 3.33. The number of carbonyl (C=O) groups is 1. The molecule has 0 unspecified atom stereocenters. The number of benzene rings is 1. The van der Waals surface area contributed by atoms with Crippen molar-refractivity contribution in [1.29, 1.82) is 0 Å². The van der Waals surface area contributed by atoms with Crippen molar-refractivity contribution in [2.75, 3.05) is 45.9 Å². The van der Waals surface area contributed by atoms with Gasteiger partial charge in [0.15, 0.2) is 6.61 Å². The first-order valence-electron chi connectivity index (χ1n) is 6.69. The highest BCUT2D eigenvalue weighted by atomic mass is 79.9. The Morgan fingerprint density at radius 2 is 1.95 bits per heavy atom. The molecule has 0 bridgehead atoms. The van der Waals surface area contributed by atoms with E-state index in [1.807, 2.05) is 29.2 Å². The molecule has 0 spiro atoms. The molecule has 0 radical (unpaired) electrons. The number of carbonyl (C=O) groups excluding carboxylic acids is 1. The predicted octanol–water partition coefficient (Wildman–Crippen LogP) is 0.964. The molecule has 1 heterocycles. The van der Waals surface area contributed by atoms with Crippen LogP contribution in [0.25, 0.3) is 0 Å². The van der Waals surface area contributed by atoms with Gasteiger partial charge in [-0.2, -0.15) is 0 Å². The number of nitrogens with zero attached hydrogens (tertiary/aromatic N) is 2. The van der Waals surface area contributed by atoms with E-state index < -0.39 is 0 Å². The van der Waals surface area contributed by atoms with Crippen molar-refractivity contribution in [2.24, 2.45) is 0 Å². The molecule has 0 atom stereocenters. The summed E-state index contributed by atoms with van der Waals surface area (Å²) in [7, 11) is 0. The molecule has 1 N–H and O–H groups in total. The van der Waals surface area contributed by atoms with Crippen molar-refractivity contribution in [3.05, 3.63) is 28.7 Å². The van der Waals surface area contributed by atoms with Crippen LogP contribution in [0.15, 0.2) is 28.7 Å². The van der Waals surface area contributed by atoms with Crippen LogP contribution in [0.2, 0.25) is 0 Å². The highest BCUT2D eigenvalue weighted by molar-refractivity contribution is 9.10. The topological polar surface area (TPSA) is 53.0 Å². The Balaban J connectivity index is 1.77. The molecule has 110 valence electrons. The van der Waals surface area contributed by atoms with Gasteiger partial charge < -0.3 is 14.7 Å². The maximum atomic E-state index is 12.1. The minimum Gasteiger partial charge on any atom is -0.483 e. The van der Waals surface area contributed by atoms with Crippen LogP contribution in [0.4, 0.5) is 0 Å². The molecule has 1 aliphatic rings. The maximum absolute atomic E-state index is 12.1. The molecule has 1 aliphatic heterocycles. The highest BCUT2D eigenvalue weighted by Crippen LogP contribution is 2.23. The third-order valence-corrected chi connectivity index (χ3v) is 3.98. The number of hydrogen-bond acceptors (Lipinski definition) is 4. The van der Waals surface area contributed by atoms with Crippen molar-refractivity contribution in [2.45, 2.75) is 0 Å². The molecule has 5 nitrogen and oxygen atoms in total. The zero-order chi connectivity index (χ0) is 14.4. The second-order valence-electron chi connectivity index (χ2n) is 4.67. The van der Waals surface area contributed by atoms with Gasteiger partial charge in [-0.15, -0.1) is 0 Å². The van der Waals surface area contributed by atoms with Gasteiger partial charge in [0.05, 0.1) is 11.1 Å². The third kappa shape index (κ3) is 4.19. The first-order chi connectivity index (χ1) is 9.70. The largest absolute Gasteiger partial charge is 0.483 e. The van der Waals surface area contributed by atoms with Crippen molar-refractivity contribution in [1.82, 2.24) is 9.80 Å². The van der Waals surface area contributed by atoms with Crippen molar-refractivity contribution in [3.8, 4) is 5.75 Å². The Kier molecular flexibility index (Phi) is 5.82. The lowest BCUT2D eigenvalue weighted by Gasteiger charge is -2.34. The fourth-order valence-electron chi connectivity index (χ4n) is 2.15. The lowest BCUT2D eigenvalue weighted by molar-refractivity contribution is -0.135. The minimum atomic E-state index is 0.00408. The number of amides is 1. The van der Waals surface area contributed by atoms with Gasteiger partial charge in [-0.05, 0) is 28.1 Å². The lowest BCUT2D eigenvalue weighted by Crippen LogP contribution is -2.50. The van der Waals surface area contributed by atoms with Gasteiger partial charge in [0.1, 0.15) is 5.75 Å². The second kappa shape index (κ2) is 7.61. The molecule has 1 amide bonds. The summed E-state index contributed by atoms with van der Waals surface area (Å²) < 4.78 is 6.38. The zero-order valence-corrected chi connectivity index (χ0v) is 12.9. The number of rotatable bonds is 5. The Morgan fingerprint density at radius 1 is 1.25 bits per heavy atom. The van der Waals surface area contributed by atoms with E-state index in [1.54, 1.807) is 0 Å². The molecule has 1 aromatic carbocycles. The van der Waals surface area contributed by atoms with Crippen LogP contribution in [0.1, 0.15) is 0 Å². The molecule has 0 saturated carbocycles. The fraction of sp³-hybridized carbons (Fsp3) is 0.500. The van der Waals surface area contributed by atoms with Crippen LogP contribution >= 0.6 is 15.9 Å². The average Bonchev–Trinajstić information content (AvgIpc) is 2.47. The zero-order valence-electron chi connectivity index (χ0n) is 11.3. The highest BCUT2D eigenvalue weighted by Gasteiger charge is 2.21. The van der Waals surface area contributed by atoms with Crippen LogP contribution in [0, 0.1) is 0 Å². The van der Waals surface area contributed by atoms with E-state index >= 15 is 0 Å². The minimum absolute atomic E-state index is 0.00408. The van der Waals surface area contributed by atoms with Crippen LogP contribution in [-0.4, -0.2) is 66.8 Å². The van der Waals surface area contributed by atoms with E-state index in [0.29, 0.717) is 25.4 Å². The lowest BCUT2D eigenvalue weighted by atomic mass is 10.3. The van der Waals surface area contributed by atoms with Gasteiger partial charge >= 0.3 is 0 Å². The van der Waals surface area contributed by atoms with Crippen LogP contribution < -0.4 is 4.74 Å². The van der Waals surface area contributed by atoms with Crippen molar-refractivity contribution >= 4 is 21.8 Å². The first kappa shape index (κ1) is 15.3. The smallest absolute Gasteiger partial charge is 0.260 e. The van der Waals surface area contributed by atoms with E-state index in [-0.39, 0.29) is 19.1 Å². The van der Waals surface area contributed by atoms with Crippen LogP contribution in [-0.2, 0) is 4.79 Å². The molecule has 1 aromatic rings. The Morgan fingerprint density at radius 3 is 2.60 bits per heavy atom. The van der Waals surface area contributed by atoms with E-state index in [4.69, 9.17) is 9.84 Å². The summed E-state index contributed by atoms with van der Waals surface area (Å²) in [5.41, 5.74) is 0. The summed E-state index contributed by atoms with van der Waals surface area (Å²) in [6, 6.07) is 7.49. The monoisotopic (exact) mass is 342 g/mol. The van der Waals surface area contributed by atoms with Crippen molar-refractivity contribution in [3.63, 3.8) is 0 Å². The van der Waals surface area contributed by atoms with E-state index in [2.05, 4.69) is 20.8 Å². The number of piperazine rings is 1. The number of halogens is 1. The van der Waals surface area contributed by atoms with Gasteiger partial charge in [0.2, 0.25) is 0 Å². The fourth-order valence-corrected chi connectivity index (χ4v) is 2.55. The Hall–Kier alpha value is -1.11. The summed E-state index contributed by atoms with van der Waals surface area (Å²) >= 11 is 3.39. The van der Waals surface area contributed by atoms with E-state index in [9.17, 15) is 4.79 Å². The molecular formula is C14H19BrN2O3. The van der Waals surface area contributed by atoms with Gasteiger partial charge in [-0.25, -0.2) is 0 Å². The number of ether oxygens (including phenoxy) is 1. The quantitative estimate of drug-likeness (QED) is 0.866. The maximum Gasteiger partial charge on any atom is 0.260 e. The van der Waals surface area contributed by atoms with Crippen LogP contribution in [0.3, 0.4) is 0 Å². The summed E-state index contributed by atoms with van der Waals surface area (Å²) in [5.74, 6) is 0.684. The summed E-state index contributed by atoms with van der Waals surface area (Å²) in [4.78, 5) is 16.0. The normalized spacial score (nSPS) is 16.2.